The molecule has 0 fully saturated rings. The zero-order chi connectivity index (χ0) is 15.1. The third kappa shape index (κ3) is 4.71. The molecule has 0 saturated heterocycles. The summed E-state index contributed by atoms with van der Waals surface area (Å²) in [7, 11) is 0. The lowest BCUT2D eigenvalue weighted by molar-refractivity contribution is 0.0949. The number of hydrogen-bond donors (Lipinski definition) is 2. The number of hydrogen-bond acceptors (Lipinski definition) is 5. The van der Waals surface area contributed by atoms with Gasteiger partial charge in [-0.25, -0.2) is 14.4 Å². The molecule has 21 heavy (non-hydrogen) atoms. The Morgan fingerprint density at radius 2 is 1.95 bits per heavy atom. The minimum absolute atomic E-state index is 0.121. The minimum Gasteiger partial charge on any atom is -0.382 e. The summed E-state index contributed by atoms with van der Waals surface area (Å²) >= 11 is 1.61. The van der Waals surface area contributed by atoms with Gasteiger partial charge in [0.05, 0.1) is 0 Å². The van der Waals surface area contributed by atoms with E-state index in [-0.39, 0.29) is 23.2 Å². The predicted molar refractivity (Wildman–Crippen MR) is 80.5 cm³/mol. The van der Waals surface area contributed by atoms with E-state index in [4.69, 9.17) is 5.73 Å². The van der Waals surface area contributed by atoms with Crippen molar-refractivity contribution in [2.75, 3.05) is 18.0 Å². The van der Waals surface area contributed by atoms with E-state index in [1.165, 1.54) is 24.5 Å². The molecule has 110 valence electrons. The molecule has 2 rings (SSSR count). The number of aromatic nitrogens is 2. The van der Waals surface area contributed by atoms with E-state index in [2.05, 4.69) is 15.3 Å². The maximum atomic E-state index is 12.7. The molecule has 1 aromatic heterocycles. The van der Waals surface area contributed by atoms with Crippen LogP contribution in [0.15, 0.2) is 41.6 Å². The molecule has 5 nitrogen and oxygen atoms in total. The van der Waals surface area contributed by atoms with E-state index in [1.54, 1.807) is 23.9 Å². The van der Waals surface area contributed by atoms with Gasteiger partial charge in [0, 0.05) is 23.8 Å². The van der Waals surface area contributed by atoms with Crippen molar-refractivity contribution in [1.29, 1.82) is 0 Å². The second kappa shape index (κ2) is 7.58. The van der Waals surface area contributed by atoms with Crippen LogP contribution in [0.25, 0.3) is 0 Å². The molecule has 0 atom stereocenters. The summed E-state index contributed by atoms with van der Waals surface area (Å²) in [5.41, 5.74) is 5.71. The molecule has 0 bridgehead atoms. The molecule has 3 N–H and O–H groups in total. The van der Waals surface area contributed by atoms with Crippen LogP contribution in [-0.4, -0.2) is 28.2 Å². The monoisotopic (exact) mass is 306 g/mol. The molecule has 0 saturated carbocycles. The highest BCUT2D eigenvalue weighted by molar-refractivity contribution is 7.99. The number of carbonyl (C=O) groups excluding carboxylic acids is 1. The number of nitrogens with zero attached hydrogens (tertiary/aromatic N) is 2. The largest absolute Gasteiger partial charge is 0.382 e. The highest BCUT2D eigenvalue weighted by atomic mass is 32.2. The van der Waals surface area contributed by atoms with Crippen LogP contribution in [-0.2, 0) is 0 Å². The van der Waals surface area contributed by atoms with Crippen molar-refractivity contribution in [3.63, 3.8) is 0 Å². The number of thioether (sulfide) groups is 1. The number of benzene rings is 1. The molecule has 0 radical (unpaired) electrons. The smallest absolute Gasteiger partial charge is 0.273 e. The summed E-state index contributed by atoms with van der Waals surface area (Å²) in [6, 6.07) is 6.33. The molecule has 1 heterocycles. The van der Waals surface area contributed by atoms with Crippen LogP contribution in [0.5, 0.6) is 0 Å². The summed E-state index contributed by atoms with van der Waals surface area (Å²) in [4.78, 5) is 20.5. The van der Waals surface area contributed by atoms with E-state index in [0.29, 0.717) is 6.54 Å². The number of rotatable bonds is 6. The molecule has 2 aromatic rings. The first-order valence-corrected chi connectivity index (χ1v) is 7.38. The lowest BCUT2D eigenvalue weighted by atomic mass is 10.3. The Bertz CT molecular complexity index is 606. The Kier molecular flexibility index (Phi) is 5.51. The molecular weight excluding hydrogens is 291 g/mol. The average Bonchev–Trinajstić information content (AvgIpc) is 2.49. The third-order valence-electron chi connectivity index (χ3n) is 2.63. The van der Waals surface area contributed by atoms with Crippen molar-refractivity contribution in [1.82, 2.24) is 15.3 Å². The fraction of sp³-hybridized carbons (Fsp3) is 0.214. The first kappa shape index (κ1) is 15.2. The Labute approximate surface area is 126 Å². The lowest BCUT2D eigenvalue weighted by Crippen LogP contribution is -2.26. The number of nitrogen functional groups attached to an aromatic ring is 1. The summed E-state index contributed by atoms with van der Waals surface area (Å²) in [5.74, 6) is 0.373. The van der Waals surface area contributed by atoms with Gasteiger partial charge < -0.3 is 11.1 Å². The lowest BCUT2D eigenvalue weighted by Gasteiger charge is -2.06. The number of nitrogens with one attached hydrogen (secondary N) is 1. The molecule has 0 aliphatic heterocycles. The Balaban J connectivity index is 1.69. The van der Waals surface area contributed by atoms with E-state index >= 15 is 0 Å². The Morgan fingerprint density at radius 3 is 2.67 bits per heavy atom. The Hall–Kier alpha value is -2.15. The van der Waals surface area contributed by atoms with Crippen molar-refractivity contribution in [2.45, 2.75) is 11.3 Å². The van der Waals surface area contributed by atoms with Gasteiger partial charge in [0.15, 0.2) is 11.5 Å². The zero-order valence-corrected chi connectivity index (χ0v) is 12.1. The van der Waals surface area contributed by atoms with Crippen LogP contribution >= 0.6 is 11.8 Å². The third-order valence-corrected chi connectivity index (χ3v) is 3.73. The van der Waals surface area contributed by atoms with Gasteiger partial charge in [-0.2, -0.15) is 0 Å². The molecule has 0 aliphatic rings. The fourth-order valence-electron chi connectivity index (χ4n) is 1.60. The Morgan fingerprint density at radius 1 is 1.24 bits per heavy atom. The second-order valence-electron chi connectivity index (χ2n) is 4.20. The van der Waals surface area contributed by atoms with Gasteiger partial charge in [-0.15, -0.1) is 11.8 Å². The highest BCUT2D eigenvalue weighted by Gasteiger charge is 2.10. The van der Waals surface area contributed by atoms with Crippen LogP contribution in [0.2, 0.25) is 0 Å². The summed E-state index contributed by atoms with van der Waals surface area (Å²) in [6.45, 7) is 0.517. The first-order chi connectivity index (χ1) is 10.2. The minimum atomic E-state index is -0.326. The van der Waals surface area contributed by atoms with E-state index < -0.39 is 0 Å². The zero-order valence-electron chi connectivity index (χ0n) is 11.3. The van der Waals surface area contributed by atoms with Crippen LogP contribution in [0.3, 0.4) is 0 Å². The van der Waals surface area contributed by atoms with Gasteiger partial charge in [-0.3, -0.25) is 4.79 Å². The number of nitrogens with two attached hydrogens (primary N) is 1. The maximum Gasteiger partial charge on any atom is 0.273 e. The van der Waals surface area contributed by atoms with Gasteiger partial charge in [0.25, 0.3) is 5.91 Å². The highest BCUT2D eigenvalue weighted by Crippen LogP contribution is 2.18. The van der Waals surface area contributed by atoms with Gasteiger partial charge in [0.1, 0.15) is 5.82 Å². The van der Waals surface area contributed by atoms with Gasteiger partial charge in [-0.1, -0.05) is 0 Å². The SMILES string of the molecule is Nc1nccnc1C(=O)NCCCSc1ccc(F)cc1. The van der Waals surface area contributed by atoms with Crippen molar-refractivity contribution in [3.05, 3.63) is 48.2 Å². The molecule has 0 aliphatic carbocycles. The molecule has 1 aromatic carbocycles. The fourth-order valence-corrected chi connectivity index (χ4v) is 2.46. The number of anilines is 1. The van der Waals surface area contributed by atoms with E-state index in [0.717, 1.165) is 17.1 Å². The van der Waals surface area contributed by atoms with Gasteiger partial charge in [-0.05, 0) is 36.4 Å². The molecular formula is C14H15FN4OS. The molecule has 1 amide bonds. The average molecular weight is 306 g/mol. The number of amides is 1. The summed E-state index contributed by atoms with van der Waals surface area (Å²) < 4.78 is 12.7. The summed E-state index contributed by atoms with van der Waals surface area (Å²) in [6.07, 6.45) is 3.65. The maximum absolute atomic E-state index is 12.7. The summed E-state index contributed by atoms with van der Waals surface area (Å²) in [5, 5.41) is 2.74. The topological polar surface area (TPSA) is 80.9 Å². The first-order valence-electron chi connectivity index (χ1n) is 6.40. The number of carbonyl (C=O) groups is 1. The standard InChI is InChI=1S/C14H15FN4OS/c15-10-2-4-11(5-3-10)21-9-1-6-19-14(20)12-13(16)18-8-7-17-12/h2-5,7-8H,1,6,9H2,(H2,16,18)(H,19,20). The van der Waals surface area contributed by atoms with Crippen LogP contribution < -0.4 is 11.1 Å². The predicted octanol–water partition coefficient (Wildman–Crippen LogP) is 2.11. The van der Waals surface area contributed by atoms with Crippen molar-refractivity contribution < 1.29 is 9.18 Å². The molecule has 7 heteroatoms. The second-order valence-corrected chi connectivity index (χ2v) is 5.37. The normalized spacial score (nSPS) is 10.3. The van der Waals surface area contributed by atoms with E-state index in [9.17, 15) is 9.18 Å². The molecule has 0 spiro atoms. The van der Waals surface area contributed by atoms with Crippen molar-refractivity contribution in [2.24, 2.45) is 0 Å². The van der Waals surface area contributed by atoms with Crippen molar-refractivity contribution >= 4 is 23.5 Å². The van der Waals surface area contributed by atoms with Gasteiger partial charge in [0.2, 0.25) is 0 Å². The van der Waals surface area contributed by atoms with Crippen LogP contribution in [0.4, 0.5) is 10.2 Å². The van der Waals surface area contributed by atoms with Gasteiger partial charge >= 0.3 is 0 Å². The van der Waals surface area contributed by atoms with Crippen LogP contribution in [0.1, 0.15) is 16.9 Å². The van der Waals surface area contributed by atoms with Crippen LogP contribution in [0, 0.1) is 5.82 Å². The molecule has 0 unspecified atom stereocenters. The number of halogens is 1. The van der Waals surface area contributed by atoms with E-state index in [1.807, 2.05) is 0 Å². The quantitative estimate of drug-likeness (QED) is 0.631. The van der Waals surface area contributed by atoms with Crippen molar-refractivity contribution in [3.8, 4) is 0 Å².